The SMILES string of the molecule is CC(C)c1cc(C(C)C)c(-c2ccccc2P(C2CCCCC2)C2CCCCC2)c(C(C)C)c1.[Cl][Au]([Cl])[Cl]. The Bertz CT molecular complexity index is 942. The van der Waals surface area contributed by atoms with Crippen LogP contribution in [0.2, 0.25) is 0 Å². The average molecular weight is 780 g/mol. The Morgan fingerprint density at radius 2 is 1.08 bits per heavy atom. The van der Waals surface area contributed by atoms with Crippen LogP contribution in [0.3, 0.4) is 0 Å². The Morgan fingerprint density at radius 3 is 1.47 bits per heavy atom. The van der Waals surface area contributed by atoms with Gasteiger partial charge in [0.1, 0.15) is 0 Å². The average Bonchev–Trinajstić information content (AvgIpc) is 2.89. The molecule has 0 unspecified atom stereocenters. The molecule has 2 fully saturated rings. The summed E-state index contributed by atoms with van der Waals surface area (Å²) in [5.74, 6) is 1.64. The number of rotatable bonds is 7. The summed E-state index contributed by atoms with van der Waals surface area (Å²) >= 11 is -1.79. The Morgan fingerprint density at radius 1 is 0.658 bits per heavy atom. The van der Waals surface area contributed by atoms with Gasteiger partial charge in [-0.2, -0.15) is 0 Å². The van der Waals surface area contributed by atoms with Crippen molar-refractivity contribution >= 4 is 40.8 Å². The zero-order valence-corrected chi connectivity index (χ0v) is 29.6. The van der Waals surface area contributed by atoms with E-state index in [4.69, 9.17) is 27.6 Å². The first-order chi connectivity index (χ1) is 18.1. The third kappa shape index (κ3) is 8.99. The molecule has 0 nitrogen and oxygen atoms in total. The minimum absolute atomic E-state index is 0.120. The first-order valence-corrected chi connectivity index (χ1v) is 24.3. The molecule has 0 spiro atoms. The monoisotopic (exact) mass is 778 g/mol. The van der Waals surface area contributed by atoms with Gasteiger partial charge in [0, 0.05) is 0 Å². The molecule has 0 amide bonds. The van der Waals surface area contributed by atoms with Crippen molar-refractivity contribution in [2.24, 2.45) is 0 Å². The van der Waals surface area contributed by atoms with Crippen LogP contribution in [0.4, 0.5) is 0 Å². The molecular weight excluding hydrogens is 731 g/mol. The van der Waals surface area contributed by atoms with E-state index < -0.39 is 15.2 Å². The Labute approximate surface area is 253 Å². The quantitative estimate of drug-likeness (QED) is 0.194. The minimum atomic E-state index is -1.79. The van der Waals surface area contributed by atoms with Crippen LogP contribution in [0.15, 0.2) is 36.4 Å². The molecule has 2 aliphatic carbocycles. The van der Waals surface area contributed by atoms with Crippen molar-refractivity contribution in [2.45, 2.75) is 135 Å². The summed E-state index contributed by atoms with van der Waals surface area (Å²) in [7, 11) is 14.7. The first kappa shape index (κ1) is 33.0. The molecule has 38 heavy (non-hydrogen) atoms. The standard InChI is InChI=1S/C33H49P.Au.3ClH/c1-23(2)26-21-30(24(3)4)33(31(22-26)25(5)6)29-19-13-14-20-32(29)34(27-15-9-7-10-16-27)28-17-11-8-12-18-28;;;;/h13-14,19-25,27-28H,7-12,15-18H2,1-6H3;;3*1H/q;+3;;;/p-3. The summed E-state index contributed by atoms with van der Waals surface area (Å²) in [6, 6.07) is 14.8. The van der Waals surface area contributed by atoms with Gasteiger partial charge in [0.15, 0.2) is 0 Å². The van der Waals surface area contributed by atoms with Gasteiger partial charge in [-0.3, -0.25) is 0 Å². The predicted octanol–water partition coefficient (Wildman–Crippen LogP) is 12.6. The van der Waals surface area contributed by atoms with Crippen molar-refractivity contribution in [2.75, 3.05) is 0 Å². The van der Waals surface area contributed by atoms with E-state index in [2.05, 4.69) is 77.9 Å². The van der Waals surface area contributed by atoms with E-state index in [0.717, 1.165) is 11.3 Å². The molecule has 2 saturated carbocycles. The van der Waals surface area contributed by atoms with E-state index >= 15 is 0 Å². The molecule has 218 valence electrons. The van der Waals surface area contributed by atoms with E-state index in [9.17, 15) is 0 Å². The topological polar surface area (TPSA) is 0 Å². The summed E-state index contributed by atoms with van der Waals surface area (Å²) in [6.45, 7) is 14.3. The second-order valence-corrected chi connectivity index (χ2v) is 24.3. The van der Waals surface area contributed by atoms with Gasteiger partial charge >= 0.3 is 42.8 Å². The fourth-order valence-electron chi connectivity index (χ4n) is 6.59. The molecule has 2 aromatic rings. The van der Waals surface area contributed by atoms with Crippen molar-refractivity contribution in [3.8, 4) is 11.1 Å². The molecule has 0 aliphatic heterocycles. The summed E-state index contributed by atoms with van der Waals surface area (Å²) in [5.41, 5.74) is 9.71. The molecular formula is C33H49AuCl3P. The van der Waals surface area contributed by atoms with Crippen molar-refractivity contribution < 1.29 is 15.2 Å². The van der Waals surface area contributed by atoms with Crippen LogP contribution in [-0.4, -0.2) is 11.3 Å². The number of benzene rings is 2. The summed E-state index contributed by atoms with van der Waals surface area (Å²) < 4.78 is 0. The van der Waals surface area contributed by atoms with Gasteiger partial charge in [-0.15, -0.1) is 0 Å². The van der Waals surface area contributed by atoms with Gasteiger partial charge in [-0.1, -0.05) is 124 Å². The van der Waals surface area contributed by atoms with E-state index in [1.165, 1.54) is 69.8 Å². The number of hydrogen-bond donors (Lipinski definition) is 0. The van der Waals surface area contributed by atoms with E-state index in [-0.39, 0.29) is 7.92 Å². The van der Waals surface area contributed by atoms with Crippen molar-refractivity contribution in [1.82, 2.24) is 0 Å². The molecule has 0 heterocycles. The molecule has 0 aromatic heterocycles. The molecule has 0 N–H and O–H groups in total. The Kier molecular flexibility index (Phi) is 14.1. The van der Waals surface area contributed by atoms with Gasteiger partial charge in [0.2, 0.25) is 0 Å². The summed E-state index contributed by atoms with van der Waals surface area (Å²) in [6.07, 6.45) is 14.6. The van der Waals surface area contributed by atoms with Gasteiger partial charge in [-0.05, 0) is 87.9 Å². The van der Waals surface area contributed by atoms with Crippen molar-refractivity contribution in [3.05, 3.63) is 53.1 Å². The molecule has 0 bridgehead atoms. The van der Waals surface area contributed by atoms with Crippen LogP contribution >= 0.6 is 35.5 Å². The predicted molar refractivity (Wildman–Crippen MR) is 172 cm³/mol. The maximum absolute atomic E-state index is 4.95. The molecule has 5 heteroatoms. The summed E-state index contributed by atoms with van der Waals surface area (Å²) in [5, 5.41) is 1.75. The maximum atomic E-state index is 4.95. The zero-order valence-electron chi connectivity index (χ0n) is 24.3. The van der Waals surface area contributed by atoms with E-state index in [0.29, 0.717) is 17.8 Å². The van der Waals surface area contributed by atoms with Crippen molar-refractivity contribution in [3.63, 3.8) is 0 Å². The first-order valence-electron chi connectivity index (χ1n) is 14.8. The van der Waals surface area contributed by atoms with Crippen LogP contribution in [0.5, 0.6) is 0 Å². The van der Waals surface area contributed by atoms with Crippen LogP contribution < -0.4 is 5.30 Å². The van der Waals surface area contributed by atoms with Crippen LogP contribution in [-0.2, 0) is 15.2 Å². The molecule has 2 aromatic carbocycles. The number of hydrogen-bond acceptors (Lipinski definition) is 0. The second kappa shape index (κ2) is 16.2. The fourth-order valence-corrected chi connectivity index (χ4v) is 10.5. The van der Waals surface area contributed by atoms with Crippen LogP contribution in [0.1, 0.15) is 140 Å². The van der Waals surface area contributed by atoms with Crippen LogP contribution in [0, 0.1) is 0 Å². The summed E-state index contributed by atoms with van der Waals surface area (Å²) in [4.78, 5) is 0. The molecule has 4 rings (SSSR count). The third-order valence-corrected chi connectivity index (χ3v) is 12.1. The normalized spacial score (nSPS) is 17.8. The molecule has 0 radical (unpaired) electrons. The zero-order chi connectivity index (χ0) is 27.8. The van der Waals surface area contributed by atoms with Gasteiger partial charge in [-0.25, -0.2) is 0 Å². The Hall–Kier alpha value is 0.480. The van der Waals surface area contributed by atoms with E-state index in [1.54, 1.807) is 27.6 Å². The van der Waals surface area contributed by atoms with Gasteiger partial charge < -0.3 is 0 Å². The van der Waals surface area contributed by atoms with Gasteiger partial charge in [0.05, 0.1) is 0 Å². The Balaban J connectivity index is 0.000000934. The number of halogens is 3. The molecule has 0 saturated heterocycles. The molecule has 0 atom stereocenters. The molecule has 2 aliphatic rings. The fraction of sp³-hybridized carbons (Fsp3) is 0.636. The van der Waals surface area contributed by atoms with Crippen LogP contribution in [0.25, 0.3) is 11.1 Å². The van der Waals surface area contributed by atoms with E-state index in [1.807, 2.05) is 0 Å². The van der Waals surface area contributed by atoms with Crippen molar-refractivity contribution in [1.29, 1.82) is 0 Å². The third-order valence-electron chi connectivity index (χ3n) is 8.52. The second-order valence-electron chi connectivity index (χ2n) is 12.2. The van der Waals surface area contributed by atoms with Gasteiger partial charge in [0.25, 0.3) is 0 Å².